The first kappa shape index (κ1) is 13.4. The lowest BCUT2D eigenvalue weighted by molar-refractivity contribution is -0.202. The van der Waals surface area contributed by atoms with E-state index in [1.54, 1.807) is 25.4 Å². The third-order valence-corrected chi connectivity index (χ3v) is 3.18. The maximum atomic E-state index is 12.1. The summed E-state index contributed by atoms with van der Waals surface area (Å²) in [7, 11) is 0. The molecule has 0 saturated heterocycles. The van der Waals surface area contributed by atoms with E-state index in [-0.39, 0.29) is 0 Å². The van der Waals surface area contributed by atoms with E-state index in [4.69, 9.17) is 5.11 Å². The molecule has 1 aromatic heterocycles. The molecule has 1 unspecified atom stereocenters. The van der Waals surface area contributed by atoms with E-state index in [1.165, 1.54) is 11.3 Å². The van der Waals surface area contributed by atoms with E-state index in [0.29, 0.717) is 5.01 Å². The van der Waals surface area contributed by atoms with Crippen molar-refractivity contribution in [3.8, 4) is 0 Å². The Balaban J connectivity index is 2.55. The second kappa shape index (κ2) is 4.68. The molecule has 0 saturated carbocycles. The zero-order valence-corrected chi connectivity index (χ0v) is 9.69. The van der Waals surface area contributed by atoms with Crippen LogP contribution in [0.5, 0.6) is 0 Å². The second-order valence-electron chi connectivity index (χ2n) is 3.90. The van der Waals surface area contributed by atoms with Crippen molar-refractivity contribution in [2.75, 3.05) is 6.54 Å². The van der Waals surface area contributed by atoms with Crippen LogP contribution >= 0.6 is 11.3 Å². The quantitative estimate of drug-likeness (QED) is 0.862. The zero-order valence-electron chi connectivity index (χ0n) is 8.88. The number of rotatable bonds is 4. The van der Waals surface area contributed by atoms with Gasteiger partial charge in [0, 0.05) is 18.1 Å². The molecule has 0 amide bonds. The van der Waals surface area contributed by atoms with Crippen molar-refractivity contribution in [3.63, 3.8) is 0 Å². The number of nitrogens with zero attached hydrogens (tertiary/aromatic N) is 1. The van der Waals surface area contributed by atoms with Gasteiger partial charge < -0.3 is 10.4 Å². The minimum atomic E-state index is -4.59. The molecule has 0 aliphatic rings. The third-order valence-electron chi connectivity index (χ3n) is 2.08. The Labute approximate surface area is 95.3 Å². The first-order valence-corrected chi connectivity index (χ1v) is 5.51. The number of nitrogens with one attached hydrogen (secondary N) is 1. The van der Waals surface area contributed by atoms with Gasteiger partial charge in [0.1, 0.15) is 5.01 Å². The fraction of sp³-hybridized carbons (Fsp3) is 0.667. The first-order chi connectivity index (χ1) is 7.23. The molecule has 3 nitrogen and oxygen atoms in total. The molecule has 1 aromatic rings. The average molecular weight is 254 g/mol. The summed E-state index contributed by atoms with van der Waals surface area (Å²) in [6.45, 7) is 2.89. The summed E-state index contributed by atoms with van der Waals surface area (Å²) >= 11 is 1.35. The van der Waals surface area contributed by atoms with E-state index in [9.17, 15) is 13.2 Å². The van der Waals surface area contributed by atoms with Gasteiger partial charge in [0.15, 0.2) is 6.10 Å². The number of aromatic nitrogens is 1. The number of aliphatic hydroxyl groups is 1. The molecular weight excluding hydrogens is 241 g/mol. The topological polar surface area (TPSA) is 45.1 Å². The minimum absolute atomic E-state index is 0.546. The van der Waals surface area contributed by atoms with Crippen LogP contribution < -0.4 is 5.32 Å². The number of thiazole rings is 1. The van der Waals surface area contributed by atoms with Gasteiger partial charge >= 0.3 is 6.18 Å². The normalized spacial score (nSPS) is 15.1. The molecule has 16 heavy (non-hydrogen) atoms. The van der Waals surface area contributed by atoms with Crippen LogP contribution in [0.3, 0.4) is 0 Å². The molecule has 7 heteroatoms. The van der Waals surface area contributed by atoms with Crippen molar-refractivity contribution >= 4 is 11.3 Å². The summed E-state index contributed by atoms with van der Waals surface area (Å²) in [5.41, 5.74) is -0.680. The van der Waals surface area contributed by atoms with Crippen molar-refractivity contribution in [2.45, 2.75) is 31.7 Å². The van der Waals surface area contributed by atoms with Gasteiger partial charge in [-0.05, 0) is 13.8 Å². The summed E-state index contributed by atoms with van der Waals surface area (Å²) in [6.07, 6.45) is -5.36. The molecular formula is C9H13F3N2OS. The number of hydrogen-bond donors (Lipinski definition) is 2. The van der Waals surface area contributed by atoms with Crippen LogP contribution in [0.1, 0.15) is 18.9 Å². The molecule has 0 aromatic carbocycles. The Morgan fingerprint density at radius 1 is 1.50 bits per heavy atom. The highest BCUT2D eigenvalue weighted by atomic mass is 32.1. The SMILES string of the molecule is CC(C)(NCC(O)C(F)(F)F)c1nccs1. The number of alkyl halides is 3. The van der Waals surface area contributed by atoms with E-state index >= 15 is 0 Å². The Morgan fingerprint density at radius 3 is 2.56 bits per heavy atom. The fourth-order valence-corrected chi connectivity index (χ4v) is 1.81. The molecule has 0 fully saturated rings. The second-order valence-corrected chi connectivity index (χ2v) is 4.80. The molecule has 2 N–H and O–H groups in total. The summed E-state index contributed by atoms with van der Waals surface area (Å²) in [5, 5.41) is 13.9. The van der Waals surface area contributed by atoms with Gasteiger partial charge in [-0.2, -0.15) is 13.2 Å². The largest absolute Gasteiger partial charge is 0.415 e. The lowest BCUT2D eigenvalue weighted by atomic mass is 10.1. The molecule has 1 rings (SSSR count). The van der Waals surface area contributed by atoms with E-state index in [2.05, 4.69) is 10.3 Å². The van der Waals surface area contributed by atoms with E-state index in [1.807, 2.05) is 0 Å². The highest BCUT2D eigenvalue weighted by molar-refractivity contribution is 7.09. The van der Waals surface area contributed by atoms with Crippen molar-refractivity contribution in [3.05, 3.63) is 16.6 Å². The van der Waals surface area contributed by atoms with Crippen LogP contribution in [0.4, 0.5) is 13.2 Å². The maximum absolute atomic E-state index is 12.1. The van der Waals surface area contributed by atoms with Gasteiger partial charge in [-0.25, -0.2) is 4.98 Å². The molecule has 1 heterocycles. The molecule has 92 valence electrons. The monoisotopic (exact) mass is 254 g/mol. The van der Waals surface area contributed by atoms with Crippen LogP contribution in [-0.4, -0.2) is 28.9 Å². The smallest absolute Gasteiger partial charge is 0.382 e. The third kappa shape index (κ3) is 3.43. The predicted octanol–water partition coefficient (Wildman–Crippen LogP) is 1.89. The van der Waals surface area contributed by atoms with Crippen molar-refractivity contribution in [1.82, 2.24) is 10.3 Å². The Bertz CT molecular complexity index is 324. The molecule has 0 aliphatic carbocycles. The van der Waals surface area contributed by atoms with Gasteiger partial charge in [-0.1, -0.05) is 0 Å². The Morgan fingerprint density at radius 2 is 2.12 bits per heavy atom. The predicted molar refractivity (Wildman–Crippen MR) is 55.2 cm³/mol. The highest BCUT2D eigenvalue weighted by Gasteiger charge is 2.39. The van der Waals surface area contributed by atoms with Crippen molar-refractivity contribution in [1.29, 1.82) is 0 Å². The number of halogens is 3. The molecule has 1 atom stereocenters. The number of aliphatic hydroxyl groups excluding tert-OH is 1. The minimum Gasteiger partial charge on any atom is -0.382 e. The Hall–Kier alpha value is -0.660. The lowest BCUT2D eigenvalue weighted by Gasteiger charge is -2.26. The summed E-state index contributed by atoms with van der Waals surface area (Å²) in [6, 6.07) is 0. The van der Waals surface area contributed by atoms with Crippen LogP contribution in [-0.2, 0) is 5.54 Å². The highest BCUT2D eigenvalue weighted by Crippen LogP contribution is 2.24. The van der Waals surface area contributed by atoms with E-state index < -0.39 is 24.4 Å². The van der Waals surface area contributed by atoms with Gasteiger partial charge in [0.25, 0.3) is 0 Å². The maximum Gasteiger partial charge on any atom is 0.415 e. The van der Waals surface area contributed by atoms with Gasteiger partial charge in [-0.3, -0.25) is 0 Å². The van der Waals surface area contributed by atoms with Gasteiger partial charge in [0.2, 0.25) is 0 Å². The van der Waals surface area contributed by atoms with Crippen LogP contribution in [0.15, 0.2) is 11.6 Å². The van der Waals surface area contributed by atoms with Crippen molar-refractivity contribution in [2.24, 2.45) is 0 Å². The van der Waals surface area contributed by atoms with Crippen LogP contribution in [0, 0.1) is 0 Å². The molecule has 0 spiro atoms. The summed E-state index contributed by atoms with van der Waals surface area (Å²) in [4.78, 5) is 4.02. The number of hydrogen-bond acceptors (Lipinski definition) is 4. The van der Waals surface area contributed by atoms with Crippen LogP contribution in [0.2, 0.25) is 0 Å². The Kier molecular flexibility index (Phi) is 3.92. The van der Waals surface area contributed by atoms with Gasteiger partial charge in [0.05, 0.1) is 5.54 Å². The first-order valence-electron chi connectivity index (χ1n) is 4.63. The fourth-order valence-electron chi connectivity index (χ4n) is 1.08. The molecule has 0 bridgehead atoms. The van der Waals surface area contributed by atoms with Crippen LogP contribution in [0.25, 0.3) is 0 Å². The average Bonchev–Trinajstić information content (AvgIpc) is 2.65. The molecule has 0 radical (unpaired) electrons. The van der Waals surface area contributed by atoms with Crippen molar-refractivity contribution < 1.29 is 18.3 Å². The summed E-state index contributed by atoms with van der Waals surface area (Å²) in [5.74, 6) is 0. The lowest BCUT2D eigenvalue weighted by Crippen LogP contribution is -2.45. The zero-order chi connectivity index (χ0) is 12.4. The molecule has 0 aliphatic heterocycles. The standard InChI is InChI=1S/C9H13F3N2OS/c1-8(2,7-13-3-4-16-7)14-5-6(15)9(10,11)12/h3-4,6,14-15H,5H2,1-2H3. The van der Waals surface area contributed by atoms with Gasteiger partial charge in [-0.15, -0.1) is 11.3 Å². The summed E-state index contributed by atoms with van der Waals surface area (Å²) < 4.78 is 36.2. The van der Waals surface area contributed by atoms with E-state index in [0.717, 1.165) is 0 Å².